The molecule has 1 aromatic heterocycles. The molecule has 0 aliphatic rings. The lowest BCUT2D eigenvalue weighted by atomic mass is 10.3. The monoisotopic (exact) mass is 406 g/mol. The number of hydrogen-bond acceptors (Lipinski definition) is 5. The molecule has 0 fully saturated rings. The number of nitrogens with one attached hydrogen (secondary N) is 1. The number of benzene rings is 1. The van der Waals surface area contributed by atoms with Gasteiger partial charge >= 0.3 is 0 Å². The molecule has 0 atom stereocenters. The molecule has 3 N–H and O–H groups in total. The van der Waals surface area contributed by atoms with Gasteiger partial charge in [-0.15, -0.1) is 23.1 Å². The maximum Gasteiger partial charge on any atom is 0.212 e. The van der Waals surface area contributed by atoms with Gasteiger partial charge < -0.3 is 5.73 Å². The summed E-state index contributed by atoms with van der Waals surface area (Å²) in [6.07, 6.45) is 0. The van der Waals surface area contributed by atoms with Crippen molar-refractivity contribution in [3.8, 4) is 0 Å². The Balaban J connectivity index is 1.78. The van der Waals surface area contributed by atoms with Gasteiger partial charge in [0.05, 0.1) is 5.75 Å². The third-order valence-electron chi connectivity index (χ3n) is 2.57. The summed E-state index contributed by atoms with van der Waals surface area (Å²) in [5, 5.41) is 1.93. The molecule has 0 unspecified atom stereocenters. The van der Waals surface area contributed by atoms with Crippen LogP contribution in [0.5, 0.6) is 0 Å². The summed E-state index contributed by atoms with van der Waals surface area (Å²) in [4.78, 5) is 1.96. The number of rotatable bonds is 7. The molecule has 0 saturated heterocycles. The van der Waals surface area contributed by atoms with Crippen molar-refractivity contribution in [3.05, 3.63) is 45.1 Å². The van der Waals surface area contributed by atoms with Crippen molar-refractivity contribution >= 4 is 54.7 Å². The first kappa shape index (κ1) is 16.8. The Labute approximate surface area is 141 Å². The second kappa shape index (κ2) is 7.64. The zero-order valence-electron chi connectivity index (χ0n) is 11.1. The van der Waals surface area contributed by atoms with E-state index in [4.69, 9.17) is 5.73 Å². The van der Waals surface area contributed by atoms with Crippen LogP contribution >= 0.6 is 39.0 Å². The number of anilines is 1. The fourth-order valence-electron chi connectivity index (χ4n) is 1.57. The number of nitrogen functional groups attached to an aromatic ring is 1. The highest BCUT2D eigenvalue weighted by Crippen LogP contribution is 2.21. The number of sulfonamides is 1. The van der Waals surface area contributed by atoms with Gasteiger partial charge in [-0.2, -0.15) is 0 Å². The average molecular weight is 407 g/mol. The van der Waals surface area contributed by atoms with E-state index in [9.17, 15) is 8.42 Å². The SMILES string of the molecule is Nc1cccc(SCCS(=O)(=O)NCc2cc(Br)cs2)c1. The molecule has 1 aromatic carbocycles. The van der Waals surface area contributed by atoms with E-state index in [1.807, 2.05) is 35.7 Å². The van der Waals surface area contributed by atoms with Crippen LogP contribution in [0.25, 0.3) is 0 Å². The lowest BCUT2D eigenvalue weighted by molar-refractivity contribution is 0.583. The van der Waals surface area contributed by atoms with Crippen molar-refractivity contribution in [3.63, 3.8) is 0 Å². The molecule has 0 amide bonds. The fraction of sp³-hybridized carbons (Fsp3) is 0.231. The molecule has 0 radical (unpaired) electrons. The lowest BCUT2D eigenvalue weighted by Crippen LogP contribution is -2.26. The van der Waals surface area contributed by atoms with Crippen LogP contribution in [0.15, 0.2) is 45.1 Å². The van der Waals surface area contributed by atoms with Gasteiger partial charge in [0.1, 0.15) is 0 Å². The van der Waals surface area contributed by atoms with Gasteiger partial charge in [-0.3, -0.25) is 0 Å². The molecule has 1 heterocycles. The van der Waals surface area contributed by atoms with Gasteiger partial charge in [0, 0.05) is 37.6 Å². The predicted octanol–water partition coefficient (Wildman–Crippen LogP) is 3.30. The van der Waals surface area contributed by atoms with Gasteiger partial charge in [-0.25, -0.2) is 13.1 Å². The molecule has 2 aromatic rings. The molecule has 8 heteroatoms. The van der Waals surface area contributed by atoms with Crippen LogP contribution in [-0.4, -0.2) is 19.9 Å². The highest BCUT2D eigenvalue weighted by Gasteiger charge is 2.11. The molecular formula is C13H15BrN2O2S3. The van der Waals surface area contributed by atoms with Crippen molar-refractivity contribution in [1.29, 1.82) is 0 Å². The van der Waals surface area contributed by atoms with E-state index in [-0.39, 0.29) is 5.75 Å². The molecule has 0 spiro atoms. The summed E-state index contributed by atoms with van der Waals surface area (Å²) in [6, 6.07) is 9.34. The molecule has 4 nitrogen and oxygen atoms in total. The van der Waals surface area contributed by atoms with Gasteiger partial charge in [0.2, 0.25) is 10.0 Å². The van der Waals surface area contributed by atoms with Crippen LogP contribution in [0.1, 0.15) is 4.88 Å². The first-order valence-corrected chi connectivity index (χ1v) is 10.4. The van der Waals surface area contributed by atoms with E-state index in [0.29, 0.717) is 18.0 Å². The Morgan fingerprint density at radius 1 is 1.33 bits per heavy atom. The lowest BCUT2D eigenvalue weighted by Gasteiger charge is -2.06. The van der Waals surface area contributed by atoms with Gasteiger partial charge in [0.15, 0.2) is 0 Å². The van der Waals surface area contributed by atoms with Gasteiger partial charge in [0.25, 0.3) is 0 Å². The van der Waals surface area contributed by atoms with Crippen molar-refractivity contribution in [2.24, 2.45) is 0 Å². The Morgan fingerprint density at radius 2 is 2.14 bits per heavy atom. The third kappa shape index (κ3) is 5.99. The summed E-state index contributed by atoms with van der Waals surface area (Å²) in [6.45, 7) is 0.335. The van der Waals surface area contributed by atoms with Gasteiger partial charge in [-0.05, 0) is 40.2 Å². The van der Waals surface area contributed by atoms with Crippen molar-refractivity contribution in [2.45, 2.75) is 11.4 Å². The van der Waals surface area contributed by atoms with E-state index in [0.717, 1.165) is 14.2 Å². The average Bonchev–Trinajstić information content (AvgIpc) is 2.82. The van der Waals surface area contributed by atoms with E-state index < -0.39 is 10.0 Å². The van der Waals surface area contributed by atoms with Gasteiger partial charge in [-0.1, -0.05) is 6.07 Å². The molecule has 114 valence electrons. The summed E-state index contributed by atoms with van der Waals surface area (Å²) < 4.78 is 27.4. The Bertz CT molecular complexity index is 701. The summed E-state index contributed by atoms with van der Waals surface area (Å²) in [5.74, 6) is 0.575. The molecule has 2 rings (SSSR count). The molecule has 0 bridgehead atoms. The fourth-order valence-corrected chi connectivity index (χ4v) is 5.42. The van der Waals surface area contributed by atoms with E-state index in [1.165, 1.54) is 23.1 Å². The highest BCUT2D eigenvalue weighted by atomic mass is 79.9. The smallest absolute Gasteiger partial charge is 0.212 e. The maximum absolute atomic E-state index is 11.9. The number of halogens is 1. The largest absolute Gasteiger partial charge is 0.399 e. The number of thiophene rings is 1. The van der Waals surface area contributed by atoms with Crippen molar-refractivity contribution < 1.29 is 8.42 Å². The molecule has 0 aliphatic carbocycles. The van der Waals surface area contributed by atoms with E-state index >= 15 is 0 Å². The van der Waals surface area contributed by atoms with Crippen molar-refractivity contribution in [2.75, 3.05) is 17.2 Å². The van der Waals surface area contributed by atoms with Crippen LogP contribution in [0.3, 0.4) is 0 Å². The van der Waals surface area contributed by atoms with E-state index in [2.05, 4.69) is 20.7 Å². The Hall–Kier alpha value is -0.540. The van der Waals surface area contributed by atoms with Crippen LogP contribution < -0.4 is 10.5 Å². The summed E-state index contributed by atoms with van der Waals surface area (Å²) in [7, 11) is -3.26. The second-order valence-corrected chi connectivity index (χ2v) is 9.30. The second-order valence-electron chi connectivity index (χ2n) is 4.29. The normalized spacial score (nSPS) is 11.7. The number of hydrogen-bond donors (Lipinski definition) is 2. The first-order valence-electron chi connectivity index (χ1n) is 6.13. The quantitative estimate of drug-likeness (QED) is 0.546. The standard InChI is InChI=1S/C13H15BrN2O2S3/c14-10-6-13(20-9-10)8-16-21(17,18)5-4-19-12-3-1-2-11(15)7-12/h1-3,6-7,9,16H,4-5,8,15H2. The minimum absolute atomic E-state index is 0.0824. The zero-order valence-corrected chi connectivity index (χ0v) is 15.1. The highest BCUT2D eigenvalue weighted by molar-refractivity contribution is 9.10. The van der Waals surface area contributed by atoms with Crippen LogP contribution in [0.4, 0.5) is 5.69 Å². The predicted molar refractivity (Wildman–Crippen MR) is 94.2 cm³/mol. The first-order chi connectivity index (χ1) is 9.94. The molecule has 21 heavy (non-hydrogen) atoms. The Kier molecular flexibility index (Phi) is 6.12. The minimum atomic E-state index is -3.26. The molecular weight excluding hydrogens is 392 g/mol. The summed E-state index contributed by atoms with van der Waals surface area (Å²) in [5.41, 5.74) is 6.37. The van der Waals surface area contributed by atoms with E-state index in [1.54, 1.807) is 0 Å². The minimum Gasteiger partial charge on any atom is -0.399 e. The van der Waals surface area contributed by atoms with Crippen LogP contribution in [0.2, 0.25) is 0 Å². The summed E-state index contributed by atoms with van der Waals surface area (Å²) >= 11 is 6.35. The molecule has 0 saturated carbocycles. The third-order valence-corrected chi connectivity index (χ3v) is 6.84. The van der Waals surface area contributed by atoms with Crippen LogP contribution in [-0.2, 0) is 16.6 Å². The van der Waals surface area contributed by atoms with Crippen LogP contribution in [0, 0.1) is 0 Å². The number of nitrogens with two attached hydrogens (primary N) is 1. The number of thioether (sulfide) groups is 1. The maximum atomic E-state index is 11.9. The zero-order chi connectivity index (χ0) is 15.3. The van der Waals surface area contributed by atoms with Crippen molar-refractivity contribution in [1.82, 2.24) is 4.72 Å². The topological polar surface area (TPSA) is 72.2 Å². The Morgan fingerprint density at radius 3 is 2.81 bits per heavy atom. The molecule has 0 aliphatic heterocycles.